The maximum Gasteiger partial charge on any atom is 0.255 e. The number of carbonyl (C=O) groups is 1. The van der Waals surface area contributed by atoms with E-state index in [1.165, 1.54) is 6.42 Å². The van der Waals surface area contributed by atoms with Crippen LogP contribution in [0.4, 0.5) is 5.82 Å². The molecule has 1 unspecified atom stereocenters. The summed E-state index contributed by atoms with van der Waals surface area (Å²) in [6.07, 6.45) is 5.05. The Labute approximate surface area is 125 Å². The van der Waals surface area contributed by atoms with Gasteiger partial charge < -0.3 is 10.2 Å². The molecule has 2 heterocycles. The summed E-state index contributed by atoms with van der Waals surface area (Å²) in [7, 11) is 0. The molecule has 0 saturated carbocycles. The van der Waals surface area contributed by atoms with Gasteiger partial charge in [0.1, 0.15) is 5.82 Å². The Morgan fingerprint density at radius 2 is 2.35 bits per heavy atom. The number of carbonyl (C=O) groups excluding carboxylic acids is 1. The van der Waals surface area contributed by atoms with Crippen molar-refractivity contribution in [1.29, 1.82) is 0 Å². The third-order valence-corrected chi connectivity index (χ3v) is 4.10. The minimum absolute atomic E-state index is 0.0422. The number of anilines is 1. The number of nitrogens with zero attached hydrogens (tertiary/aromatic N) is 2. The standard InChI is InChI=1S/C15H22ClN3O/c1-3-11-6-5-7-19(10-11)15(20)12-8-13(16)14(17-4-2)18-9-12/h8-9,11H,3-7,10H2,1-2H3,(H,17,18). The fourth-order valence-corrected chi connectivity index (χ4v) is 2.85. The summed E-state index contributed by atoms with van der Waals surface area (Å²) in [6.45, 7) is 6.60. The number of piperidine rings is 1. The molecule has 20 heavy (non-hydrogen) atoms. The Morgan fingerprint density at radius 3 is 3.00 bits per heavy atom. The molecule has 1 saturated heterocycles. The van der Waals surface area contributed by atoms with Crippen molar-refractivity contribution >= 4 is 23.3 Å². The third kappa shape index (κ3) is 3.42. The number of hydrogen-bond acceptors (Lipinski definition) is 3. The van der Waals surface area contributed by atoms with Gasteiger partial charge in [0.25, 0.3) is 5.91 Å². The van der Waals surface area contributed by atoms with Gasteiger partial charge in [-0.2, -0.15) is 0 Å². The average Bonchev–Trinajstić information content (AvgIpc) is 2.49. The lowest BCUT2D eigenvalue weighted by molar-refractivity contribution is 0.0671. The number of halogens is 1. The zero-order valence-corrected chi connectivity index (χ0v) is 12.9. The summed E-state index contributed by atoms with van der Waals surface area (Å²) < 4.78 is 0. The van der Waals surface area contributed by atoms with E-state index in [4.69, 9.17) is 11.6 Å². The predicted molar refractivity (Wildman–Crippen MR) is 82.3 cm³/mol. The van der Waals surface area contributed by atoms with Crippen molar-refractivity contribution in [2.45, 2.75) is 33.1 Å². The van der Waals surface area contributed by atoms with Crippen molar-refractivity contribution in [3.8, 4) is 0 Å². The van der Waals surface area contributed by atoms with Crippen LogP contribution in [0.3, 0.4) is 0 Å². The molecule has 2 rings (SSSR count). The molecule has 1 aliphatic heterocycles. The molecule has 1 amide bonds. The van der Waals surface area contributed by atoms with Crippen molar-refractivity contribution in [3.05, 3.63) is 22.8 Å². The number of hydrogen-bond donors (Lipinski definition) is 1. The normalized spacial score (nSPS) is 18.9. The van der Waals surface area contributed by atoms with Crippen LogP contribution in [0.1, 0.15) is 43.5 Å². The quantitative estimate of drug-likeness (QED) is 0.925. The van der Waals surface area contributed by atoms with Crippen molar-refractivity contribution in [2.24, 2.45) is 5.92 Å². The number of amides is 1. The van der Waals surface area contributed by atoms with E-state index in [0.29, 0.717) is 22.3 Å². The minimum Gasteiger partial charge on any atom is -0.369 e. The Bertz CT molecular complexity index is 478. The molecular formula is C15H22ClN3O. The second kappa shape index (κ2) is 6.93. The van der Waals surface area contributed by atoms with E-state index in [-0.39, 0.29) is 5.91 Å². The fraction of sp³-hybridized carbons (Fsp3) is 0.600. The first kappa shape index (κ1) is 15.1. The maximum atomic E-state index is 12.5. The second-order valence-electron chi connectivity index (χ2n) is 5.25. The first-order valence-corrected chi connectivity index (χ1v) is 7.72. The Balaban J connectivity index is 2.10. The highest BCUT2D eigenvalue weighted by molar-refractivity contribution is 6.33. The molecule has 1 aliphatic rings. The third-order valence-electron chi connectivity index (χ3n) is 3.82. The van der Waals surface area contributed by atoms with E-state index in [0.717, 1.165) is 32.5 Å². The molecule has 110 valence electrons. The fourth-order valence-electron chi connectivity index (χ4n) is 2.62. The van der Waals surface area contributed by atoms with Gasteiger partial charge in [0.2, 0.25) is 0 Å². The zero-order valence-electron chi connectivity index (χ0n) is 12.2. The maximum absolute atomic E-state index is 12.5. The van der Waals surface area contributed by atoms with Gasteiger partial charge in [-0.15, -0.1) is 0 Å². The van der Waals surface area contributed by atoms with Gasteiger partial charge in [0.15, 0.2) is 0 Å². The van der Waals surface area contributed by atoms with Crippen molar-refractivity contribution in [1.82, 2.24) is 9.88 Å². The lowest BCUT2D eigenvalue weighted by atomic mass is 9.95. The lowest BCUT2D eigenvalue weighted by Gasteiger charge is -2.32. The van der Waals surface area contributed by atoms with E-state index in [1.54, 1.807) is 12.3 Å². The molecule has 0 aromatic carbocycles. The van der Waals surface area contributed by atoms with Crippen LogP contribution in [0, 0.1) is 5.92 Å². The molecule has 0 radical (unpaired) electrons. The molecule has 5 heteroatoms. The summed E-state index contributed by atoms with van der Waals surface area (Å²) in [5.41, 5.74) is 0.577. The van der Waals surface area contributed by atoms with Gasteiger partial charge in [-0.05, 0) is 31.7 Å². The van der Waals surface area contributed by atoms with E-state index in [9.17, 15) is 4.79 Å². The molecule has 4 nitrogen and oxygen atoms in total. The van der Waals surface area contributed by atoms with Crippen molar-refractivity contribution in [3.63, 3.8) is 0 Å². The van der Waals surface area contributed by atoms with E-state index >= 15 is 0 Å². The monoisotopic (exact) mass is 295 g/mol. The molecule has 1 aromatic rings. The van der Waals surface area contributed by atoms with Gasteiger partial charge in [-0.25, -0.2) is 4.98 Å². The van der Waals surface area contributed by atoms with Gasteiger partial charge in [0.05, 0.1) is 10.6 Å². The largest absolute Gasteiger partial charge is 0.369 e. The van der Waals surface area contributed by atoms with E-state index in [2.05, 4.69) is 17.2 Å². The molecule has 1 fully saturated rings. The molecule has 1 aromatic heterocycles. The van der Waals surface area contributed by atoms with Crippen LogP contribution in [0.15, 0.2) is 12.3 Å². The van der Waals surface area contributed by atoms with Crippen LogP contribution in [-0.4, -0.2) is 35.4 Å². The summed E-state index contributed by atoms with van der Waals surface area (Å²) in [4.78, 5) is 18.7. The van der Waals surface area contributed by atoms with Crippen LogP contribution in [-0.2, 0) is 0 Å². The van der Waals surface area contributed by atoms with E-state index in [1.807, 2.05) is 11.8 Å². The number of rotatable bonds is 4. The van der Waals surface area contributed by atoms with Crippen LogP contribution in [0.2, 0.25) is 5.02 Å². The lowest BCUT2D eigenvalue weighted by Crippen LogP contribution is -2.39. The van der Waals surface area contributed by atoms with E-state index < -0.39 is 0 Å². The Hall–Kier alpha value is -1.29. The van der Waals surface area contributed by atoms with Crippen LogP contribution in [0.5, 0.6) is 0 Å². The first-order chi connectivity index (χ1) is 9.65. The highest BCUT2D eigenvalue weighted by Gasteiger charge is 2.24. The van der Waals surface area contributed by atoms with Crippen LogP contribution in [0.25, 0.3) is 0 Å². The van der Waals surface area contributed by atoms with Gasteiger partial charge >= 0.3 is 0 Å². The van der Waals surface area contributed by atoms with Crippen LogP contribution < -0.4 is 5.32 Å². The highest BCUT2D eigenvalue weighted by atomic mass is 35.5. The van der Waals surface area contributed by atoms with Crippen molar-refractivity contribution in [2.75, 3.05) is 25.0 Å². The molecular weight excluding hydrogens is 274 g/mol. The van der Waals surface area contributed by atoms with Gasteiger partial charge in [-0.1, -0.05) is 24.9 Å². The summed E-state index contributed by atoms with van der Waals surface area (Å²) in [5, 5.41) is 3.57. The summed E-state index contributed by atoms with van der Waals surface area (Å²) in [6, 6.07) is 1.71. The highest BCUT2D eigenvalue weighted by Crippen LogP contribution is 2.24. The first-order valence-electron chi connectivity index (χ1n) is 7.34. The number of likely N-dealkylation sites (tertiary alicyclic amines) is 1. The van der Waals surface area contributed by atoms with Crippen LogP contribution >= 0.6 is 11.6 Å². The number of aromatic nitrogens is 1. The number of nitrogens with one attached hydrogen (secondary N) is 1. The Kier molecular flexibility index (Phi) is 5.24. The molecule has 1 N–H and O–H groups in total. The zero-order chi connectivity index (χ0) is 14.5. The second-order valence-corrected chi connectivity index (χ2v) is 5.66. The minimum atomic E-state index is 0.0422. The summed E-state index contributed by atoms with van der Waals surface area (Å²) >= 11 is 6.15. The van der Waals surface area contributed by atoms with Crippen molar-refractivity contribution < 1.29 is 4.79 Å². The molecule has 1 atom stereocenters. The summed E-state index contributed by atoms with van der Waals surface area (Å²) in [5.74, 6) is 1.30. The molecule has 0 bridgehead atoms. The van der Waals surface area contributed by atoms with Gasteiger partial charge in [0, 0.05) is 25.8 Å². The van der Waals surface area contributed by atoms with Gasteiger partial charge in [-0.3, -0.25) is 4.79 Å². The molecule has 0 spiro atoms. The average molecular weight is 296 g/mol. The number of pyridine rings is 1. The molecule has 0 aliphatic carbocycles. The SMILES string of the molecule is CCNc1ncc(C(=O)N2CCCC(CC)C2)cc1Cl. The predicted octanol–water partition coefficient (Wildman–Crippen LogP) is 3.43. The topological polar surface area (TPSA) is 45.2 Å². The smallest absolute Gasteiger partial charge is 0.255 e. The Morgan fingerprint density at radius 1 is 1.55 bits per heavy atom.